The van der Waals surface area contributed by atoms with Gasteiger partial charge in [0, 0.05) is 12.1 Å². The van der Waals surface area contributed by atoms with E-state index in [1.165, 1.54) is 25.8 Å². The standard InChI is InChI=1S/C12H26N2O/c1-12(13,10-15)7-3-4-8-14(2)9-11-5-6-11/h11,15H,3-10,13H2,1-2H3. The minimum Gasteiger partial charge on any atom is -0.394 e. The number of nitrogens with two attached hydrogens (primary N) is 1. The zero-order valence-corrected chi connectivity index (χ0v) is 10.2. The fourth-order valence-electron chi connectivity index (χ4n) is 1.82. The number of hydrogen-bond donors (Lipinski definition) is 2. The van der Waals surface area contributed by atoms with Crippen molar-refractivity contribution in [2.24, 2.45) is 11.7 Å². The van der Waals surface area contributed by atoms with E-state index in [4.69, 9.17) is 10.8 Å². The van der Waals surface area contributed by atoms with Crippen LogP contribution in [0.25, 0.3) is 0 Å². The van der Waals surface area contributed by atoms with Gasteiger partial charge in [-0.3, -0.25) is 0 Å². The Kier molecular flexibility index (Phi) is 5.03. The van der Waals surface area contributed by atoms with Crippen molar-refractivity contribution in [3.05, 3.63) is 0 Å². The Hall–Kier alpha value is -0.120. The molecule has 15 heavy (non-hydrogen) atoms. The minimum absolute atomic E-state index is 0.0882. The van der Waals surface area contributed by atoms with Gasteiger partial charge in [-0.25, -0.2) is 0 Å². The van der Waals surface area contributed by atoms with Crippen LogP contribution in [-0.2, 0) is 0 Å². The molecule has 0 radical (unpaired) electrons. The molecule has 1 aliphatic carbocycles. The summed E-state index contributed by atoms with van der Waals surface area (Å²) in [7, 11) is 2.20. The molecule has 0 aromatic carbocycles. The lowest BCUT2D eigenvalue weighted by molar-refractivity contribution is 0.195. The Bertz CT molecular complexity index is 178. The van der Waals surface area contributed by atoms with E-state index < -0.39 is 0 Å². The average molecular weight is 214 g/mol. The van der Waals surface area contributed by atoms with E-state index in [1.807, 2.05) is 6.92 Å². The highest BCUT2D eigenvalue weighted by atomic mass is 16.3. The van der Waals surface area contributed by atoms with Crippen LogP contribution in [0.2, 0.25) is 0 Å². The van der Waals surface area contributed by atoms with Crippen LogP contribution in [0.3, 0.4) is 0 Å². The first kappa shape index (κ1) is 12.9. The van der Waals surface area contributed by atoms with Crippen LogP contribution in [0.1, 0.15) is 39.0 Å². The summed E-state index contributed by atoms with van der Waals surface area (Å²) in [6.45, 7) is 4.43. The Balaban J connectivity index is 1.95. The fourth-order valence-corrected chi connectivity index (χ4v) is 1.82. The smallest absolute Gasteiger partial charge is 0.0608 e. The number of hydrogen-bond acceptors (Lipinski definition) is 3. The summed E-state index contributed by atoms with van der Waals surface area (Å²) in [5, 5.41) is 8.99. The lowest BCUT2D eigenvalue weighted by Crippen LogP contribution is -2.40. The lowest BCUT2D eigenvalue weighted by Gasteiger charge is -2.22. The fraction of sp³-hybridized carbons (Fsp3) is 1.00. The van der Waals surface area contributed by atoms with Crippen LogP contribution < -0.4 is 5.73 Å². The van der Waals surface area contributed by atoms with E-state index >= 15 is 0 Å². The highest BCUT2D eigenvalue weighted by Crippen LogP contribution is 2.29. The molecule has 0 aromatic heterocycles. The zero-order valence-electron chi connectivity index (χ0n) is 10.2. The molecule has 3 N–H and O–H groups in total. The molecule has 0 spiro atoms. The Morgan fingerprint density at radius 2 is 2.07 bits per heavy atom. The molecular weight excluding hydrogens is 188 g/mol. The van der Waals surface area contributed by atoms with Gasteiger partial charge in [-0.05, 0) is 52.1 Å². The lowest BCUT2D eigenvalue weighted by atomic mass is 9.97. The molecule has 0 aliphatic heterocycles. The molecule has 1 unspecified atom stereocenters. The van der Waals surface area contributed by atoms with Crippen molar-refractivity contribution < 1.29 is 5.11 Å². The molecule has 0 heterocycles. The number of aliphatic hydroxyl groups is 1. The van der Waals surface area contributed by atoms with Crippen molar-refractivity contribution in [1.29, 1.82) is 0 Å². The van der Waals surface area contributed by atoms with E-state index in [1.54, 1.807) is 0 Å². The quantitative estimate of drug-likeness (QED) is 0.597. The van der Waals surface area contributed by atoms with Crippen molar-refractivity contribution >= 4 is 0 Å². The molecule has 1 rings (SSSR count). The molecule has 3 heteroatoms. The Labute approximate surface area is 93.6 Å². The summed E-state index contributed by atoms with van der Waals surface area (Å²) in [5.41, 5.74) is 5.48. The van der Waals surface area contributed by atoms with Crippen LogP contribution >= 0.6 is 0 Å². The molecule has 3 nitrogen and oxygen atoms in total. The Morgan fingerprint density at radius 1 is 1.40 bits per heavy atom. The van der Waals surface area contributed by atoms with E-state index in [-0.39, 0.29) is 12.1 Å². The third-order valence-electron chi connectivity index (χ3n) is 3.17. The van der Waals surface area contributed by atoms with Crippen LogP contribution in [0.5, 0.6) is 0 Å². The second kappa shape index (κ2) is 5.83. The predicted octanol–water partition coefficient (Wildman–Crippen LogP) is 1.21. The largest absolute Gasteiger partial charge is 0.394 e. The van der Waals surface area contributed by atoms with Gasteiger partial charge in [-0.2, -0.15) is 0 Å². The second-order valence-corrected chi connectivity index (χ2v) is 5.47. The molecule has 90 valence electrons. The summed E-state index contributed by atoms with van der Waals surface area (Å²) in [6, 6.07) is 0. The van der Waals surface area contributed by atoms with Gasteiger partial charge >= 0.3 is 0 Å². The molecule has 0 bridgehead atoms. The van der Waals surface area contributed by atoms with Gasteiger partial charge in [0.2, 0.25) is 0 Å². The molecule has 0 aromatic rings. The maximum Gasteiger partial charge on any atom is 0.0608 e. The average Bonchev–Trinajstić information content (AvgIpc) is 2.96. The van der Waals surface area contributed by atoms with E-state index in [9.17, 15) is 0 Å². The normalized spacial score (nSPS) is 20.6. The summed E-state index contributed by atoms with van der Waals surface area (Å²) in [4.78, 5) is 2.42. The monoisotopic (exact) mass is 214 g/mol. The van der Waals surface area contributed by atoms with E-state index in [0.29, 0.717) is 0 Å². The van der Waals surface area contributed by atoms with Crippen molar-refractivity contribution in [2.75, 3.05) is 26.7 Å². The molecule has 1 aliphatic rings. The van der Waals surface area contributed by atoms with Crippen molar-refractivity contribution in [1.82, 2.24) is 4.90 Å². The van der Waals surface area contributed by atoms with Crippen LogP contribution in [-0.4, -0.2) is 42.3 Å². The third kappa shape index (κ3) is 6.13. The molecule has 0 amide bonds. The maximum atomic E-state index is 8.99. The van der Waals surface area contributed by atoms with Crippen molar-refractivity contribution in [3.8, 4) is 0 Å². The molecule has 1 atom stereocenters. The van der Waals surface area contributed by atoms with Crippen LogP contribution in [0, 0.1) is 5.92 Å². The SMILES string of the molecule is CN(CCCCC(C)(N)CO)CC1CC1. The van der Waals surface area contributed by atoms with Crippen molar-refractivity contribution in [2.45, 2.75) is 44.6 Å². The molecule has 0 saturated heterocycles. The molecule has 1 fully saturated rings. The number of aliphatic hydroxyl groups excluding tert-OH is 1. The molecular formula is C12H26N2O. The minimum atomic E-state index is -0.380. The van der Waals surface area contributed by atoms with E-state index in [0.717, 1.165) is 25.3 Å². The van der Waals surface area contributed by atoms with Crippen molar-refractivity contribution in [3.63, 3.8) is 0 Å². The van der Waals surface area contributed by atoms with Crippen LogP contribution in [0.15, 0.2) is 0 Å². The molecule has 1 saturated carbocycles. The summed E-state index contributed by atoms with van der Waals surface area (Å²) >= 11 is 0. The summed E-state index contributed by atoms with van der Waals surface area (Å²) in [6.07, 6.45) is 6.07. The number of unbranched alkanes of at least 4 members (excludes halogenated alkanes) is 1. The van der Waals surface area contributed by atoms with Gasteiger partial charge in [0.1, 0.15) is 0 Å². The van der Waals surface area contributed by atoms with Crippen LogP contribution in [0.4, 0.5) is 0 Å². The first-order valence-electron chi connectivity index (χ1n) is 6.12. The Morgan fingerprint density at radius 3 is 2.60 bits per heavy atom. The first-order valence-corrected chi connectivity index (χ1v) is 6.12. The first-order chi connectivity index (χ1) is 7.03. The van der Waals surface area contributed by atoms with Gasteiger partial charge in [0.25, 0.3) is 0 Å². The highest BCUT2D eigenvalue weighted by Gasteiger charge is 2.22. The summed E-state index contributed by atoms with van der Waals surface area (Å²) in [5.74, 6) is 0.979. The summed E-state index contributed by atoms with van der Waals surface area (Å²) < 4.78 is 0. The van der Waals surface area contributed by atoms with Gasteiger partial charge in [0.05, 0.1) is 6.61 Å². The second-order valence-electron chi connectivity index (χ2n) is 5.47. The predicted molar refractivity (Wildman–Crippen MR) is 63.8 cm³/mol. The zero-order chi connectivity index (χ0) is 11.3. The van der Waals surface area contributed by atoms with Gasteiger partial charge in [-0.15, -0.1) is 0 Å². The topological polar surface area (TPSA) is 49.5 Å². The number of rotatable bonds is 8. The third-order valence-corrected chi connectivity index (χ3v) is 3.17. The number of nitrogens with zero attached hydrogens (tertiary/aromatic N) is 1. The van der Waals surface area contributed by atoms with Gasteiger partial charge in [0.15, 0.2) is 0 Å². The highest BCUT2D eigenvalue weighted by molar-refractivity contribution is 4.78. The maximum absolute atomic E-state index is 8.99. The van der Waals surface area contributed by atoms with E-state index in [2.05, 4.69) is 11.9 Å². The van der Waals surface area contributed by atoms with Gasteiger partial charge in [-0.1, -0.05) is 6.42 Å². The van der Waals surface area contributed by atoms with Gasteiger partial charge < -0.3 is 15.7 Å².